The van der Waals surface area contributed by atoms with Gasteiger partial charge in [-0.05, 0) is 17.7 Å². The third-order valence-corrected chi connectivity index (χ3v) is 6.59. The summed E-state index contributed by atoms with van der Waals surface area (Å²) in [4.78, 5) is 33.3. The number of hydrogen-bond acceptors (Lipinski definition) is 8. The van der Waals surface area contributed by atoms with Crippen LogP contribution in [0.3, 0.4) is 0 Å². The molecule has 2 rings (SSSR count). The Balaban J connectivity index is 2.02. The van der Waals surface area contributed by atoms with Crippen LogP contribution in [-0.4, -0.2) is 27.3 Å². The monoisotopic (exact) mass is 453 g/mol. The van der Waals surface area contributed by atoms with Gasteiger partial charge in [0, 0.05) is 23.3 Å². The number of carbonyl (C=O) groups excluding carboxylic acids is 1. The maximum absolute atomic E-state index is 12.0. The molecule has 1 unspecified atom stereocenters. The van der Waals surface area contributed by atoms with Gasteiger partial charge in [-0.15, -0.1) is 5.09 Å². The summed E-state index contributed by atoms with van der Waals surface area (Å²) in [5.41, 5.74) is 0.375. The van der Waals surface area contributed by atoms with Gasteiger partial charge < -0.3 is 0 Å². The minimum Gasteiger partial charge on any atom is -0.287 e. The number of non-ortho nitro benzene ring substituents is 1. The smallest absolute Gasteiger partial charge is 0.287 e. The number of rotatable bonds is 10. The molecule has 0 aromatic heterocycles. The Kier molecular flexibility index (Phi) is 8.76. The van der Waals surface area contributed by atoms with Gasteiger partial charge in [0.2, 0.25) is 0 Å². The van der Waals surface area contributed by atoms with Crippen LogP contribution in [0.2, 0.25) is 0 Å². The number of nitrogens with zero attached hydrogens (tertiary/aromatic N) is 1. The van der Waals surface area contributed by atoms with E-state index in [1.165, 1.54) is 24.3 Å². The quantitative estimate of drug-likeness (QED) is 0.229. The van der Waals surface area contributed by atoms with Crippen molar-refractivity contribution in [3.8, 4) is 5.75 Å². The van der Waals surface area contributed by atoms with Crippen molar-refractivity contribution in [1.82, 2.24) is 5.09 Å². The molecule has 0 bridgehead atoms. The van der Waals surface area contributed by atoms with Crippen molar-refractivity contribution in [3.05, 3.63) is 70.3 Å². The van der Waals surface area contributed by atoms with Crippen LogP contribution in [0.5, 0.6) is 5.75 Å². The Morgan fingerprint density at radius 3 is 2.37 bits per heavy atom. The molecule has 30 heavy (non-hydrogen) atoms. The zero-order chi connectivity index (χ0) is 22.2. The fourth-order valence-corrected chi connectivity index (χ4v) is 4.42. The van der Waals surface area contributed by atoms with Crippen LogP contribution in [0.15, 0.2) is 54.6 Å². The maximum Gasteiger partial charge on any atom is 0.544 e. The molecule has 1 atom stereocenters. The van der Waals surface area contributed by atoms with Gasteiger partial charge in [-0.1, -0.05) is 62.9 Å². The molecule has 2 aromatic rings. The minimum atomic E-state index is -3.54. The van der Waals surface area contributed by atoms with E-state index in [2.05, 4.69) is 5.09 Å². The normalized spacial score (nSPS) is 13.5. The topological polar surface area (TPSA) is 111 Å². The lowest BCUT2D eigenvalue weighted by Gasteiger charge is -2.18. The average Bonchev–Trinajstić information content (AvgIpc) is 2.70. The minimum absolute atomic E-state index is 0.0292. The van der Waals surface area contributed by atoms with Gasteiger partial charge in [0.1, 0.15) is 6.61 Å². The van der Waals surface area contributed by atoms with Crippen LogP contribution >= 0.6 is 19.9 Å². The fraction of sp³-hybridized carbons (Fsp3) is 0.350. The van der Waals surface area contributed by atoms with Gasteiger partial charge in [-0.3, -0.25) is 19.4 Å². The van der Waals surface area contributed by atoms with Gasteiger partial charge >= 0.3 is 8.09 Å². The van der Waals surface area contributed by atoms with E-state index in [9.17, 15) is 19.8 Å². The molecule has 8 nitrogen and oxygen atoms in total. The molecule has 162 valence electrons. The molecule has 2 N–H and O–H groups in total. The molecule has 0 saturated carbocycles. The summed E-state index contributed by atoms with van der Waals surface area (Å²) in [5, 5.41) is 13.8. The van der Waals surface area contributed by atoms with E-state index in [4.69, 9.17) is 9.05 Å². The predicted molar refractivity (Wildman–Crippen MR) is 119 cm³/mol. The Hall–Kier alpha value is -2.03. The molecular weight excluding hydrogens is 427 g/mol. The number of carbonyl (C=O) groups is 1. The molecule has 0 fully saturated rings. The van der Waals surface area contributed by atoms with Gasteiger partial charge in [0.05, 0.1) is 11.5 Å². The Bertz CT molecular complexity index is 845. The van der Waals surface area contributed by atoms with Crippen molar-refractivity contribution in [2.75, 3.05) is 12.4 Å². The predicted octanol–water partition coefficient (Wildman–Crippen LogP) is 4.76. The third kappa shape index (κ3) is 8.01. The zero-order valence-corrected chi connectivity index (χ0v) is 18.8. The van der Waals surface area contributed by atoms with E-state index in [0.29, 0.717) is 12.3 Å². The van der Waals surface area contributed by atoms with Gasteiger partial charge in [0.15, 0.2) is 10.9 Å². The lowest BCUT2D eigenvalue weighted by molar-refractivity contribution is -0.384. The van der Waals surface area contributed by atoms with Crippen LogP contribution in [0, 0.1) is 15.5 Å². The summed E-state index contributed by atoms with van der Waals surface area (Å²) in [6, 6.07) is 14.8. The first-order chi connectivity index (χ1) is 14.1. The largest absolute Gasteiger partial charge is 0.544 e. The fourth-order valence-electron chi connectivity index (χ4n) is 2.17. The second kappa shape index (κ2) is 10.8. The number of nitro groups is 1. The van der Waals surface area contributed by atoms with Crippen molar-refractivity contribution in [2.45, 2.75) is 27.3 Å². The first kappa shape index (κ1) is 24.2. The molecule has 0 radical (unpaired) electrons. The van der Waals surface area contributed by atoms with Crippen LogP contribution in [0.1, 0.15) is 26.3 Å². The number of benzene rings is 2. The number of hydrogen-bond donors (Lipinski definition) is 2. The summed E-state index contributed by atoms with van der Waals surface area (Å²) in [6.45, 7) is 5.90. The molecule has 2 aromatic carbocycles. The van der Waals surface area contributed by atoms with E-state index >= 15 is 0 Å². The zero-order valence-electron chi connectivity index (χ0n) is 17.1. The second-order valence-electron chi connectivity index (χ2n) is 7.40. The Labute approximate surface area is 180 Å². The highest BCUT2D eigenvalue weighted by Gasteiger charge is 2.43. The summed E-state index contributed by atoms with van der Waals surface area (Å²) in [5.74, 6) is 0.588. The number of nitro benzene ring substituents is 1. The second-order valence-corrected chi connectivity index (χ2v) is 10.3. The van der Waals surface area contributed by atoms with E-state index in [0.717, 1.165) is 17.3 Å². The lowest BCUT2D eigenvalue weighted by Crippen LogP contribution is -2.23. The summed E-state index contributed by atoms with van der Waals surface area (Å²) < 4.78 is 11.3. The molecule has 0 heterocycles. The average molecular weight is 453 g/mol. The van der Waals surface area contributed by atoms with E-state index < -0.39 is 18.4 Å². The molecule has 0 aliphatic carbocycles. The standard InChI is InChI=1S/C20H26N2O6PS/c1-20(2,3)19(23)30-14-13-27-29(26,21-15-16-7-5-4-6-8-16)28-18-11-9-17(10-12-18)22(24)25/h4-12,21,26H,13-15H2,1-3H3/q+1. The highest BCUT2D eigenvalue weighted by molar-refractivity contribution is 8.13. The van der Waals surface area contributed by atoms with E-state index in [1.807, 2.05) is 51.1 Å². The molecule has 0 amide bonds. The molecular formula is C20H26N2O6PS+. The summed E-state index contributed by atoms with van der Waals surface area (Å²) in [6.07, 6.45) is 0. The van der Waals surface area contributed by atoms with Crippen LogP contribution in [0.4, 0.5) is 5.69 Å². The van der Waals surface area contributed by atoms with Crippen LogP contribution in [0.25, 0.3) is 0 Å². The SMILES string of the molecule is CC(C)(C)C(=O)SCCO[P+](O)(NCc1ccccc1)Oc1ccc([N+](=O)[O-])cc1. The van der Waals surface area contributed by atoms with Crippen molar-refractivity contribution in [3.63, 3.8) is 0 Å². The van der Waals surface area contributed by atoms with E-state index in [1.54, 1.807) is 0 Å². The third-order valence-electron chi connectivity index (χ3n) is 3.80. The van der Waals surface area contributed by atoms with Crippen LogP contribution in [-0.2, 0) is 15.9 Å². The molecule has 0 aliphatic rings. The highest BCUT2D eigenvalue weighted by Crippen LogP contribution is 2.53. The summed E-state index contributed by atoms with van der Waals surface area (Å²) in [7, 11) is -3.54. The molecule has 0 spiro atoms. The van der Waals surface area contributed by atoms with Crippen molar-refractivity contribution >= 4 is 30.7 Å². The maximum atomic E-state index is 12.0. The van der Waals surface area contributed by atoms with Crippen molar-refractivity contribution in [2.24, 2.45) is 5.41 Å². The highest BCUT2D eigenvalue weighted by atomic mass is 32.2. The first-order valence-corrected chi connectivity index (χ1v) is 11.8. The molecule has 10 heteroatoms. The Morgan fingerprint density at radius 2 is 1.80 bits per heavy atom. The van der Waals surface area contributed by atoms with Gasteiger partial charge in [-0.25, -0.2) is 0 Å². The molecule has 0 aliphatic heterocycles. The number of nitrogens with one attached hydrogen (secondary N) is 1. The van der Waals surface area contributed by atoms with Crippen molar-refractivity contribution in [1.29, 1.82) is 0 Å². The summed E-state index contributed by atoms with van der Waals surface area (Å²) >= 11 is 1.13. The molecule has 0 saturated heterocycles. The number of thioether (sulfide) groups is 1. The van der Waals surface area contributed by atoms with Gasteiger partial charge in [0.25, 0.3) is 5.69 Å². The van der Waals surface area contributed by atoms with Crippen LogP contribution < -0.4 is 9.61 Å². The first-order valence-electron chi connectivity index (χ1n) is 9.26. The van der Waals surface area contributed by atoms with Gasteiger partial charge in [-0.2, -0.15) is 9.42 Å². The van der Waals surface area contributed by atoms with Crippen molar-refractivity contribution < 1.29 is 23.7 Å². The Morgan fingerprint density at radius 1 is 1.17 bits per heavy atom. The lowest BCUT2D eigenvalue weighted by atomic mass is 10.00. The van der Waals surface area contributed by atoms with E-state index in [-0.39, 0.29) is 23.2 Å².